The number of esters is 4. The number of hydrogen-bond acceptors (Lipinski definition) is 11. The zero-order valence-corrected chi connectivity index (χ0v) is 43.0. The molecule has 0 aromatic carbocycles. The molecule has 0 aromatic heterocycles. The van der Waals surface area contributed by atoms with Gasteiger partial charge in [0.15, 0.2) is 0 Å². The summed E-state index contributed by atoms with van der Waals surface area (Å²) in [5, 5.41) is 29.6. The fourth-order valence-corrected chi connectivity index (χ4v) is 14.0. The molecule has 10 aliphatic carbocycles. The molecule has 11 rings (SSSR count). The molecule has 0 spiro atoms. The largest absolute Gasteiger partial charge is 0.481 e. The Kier molecular flexibility index (Phi) is 14.8. The third kappa shape index (κ3) is 10.5. The smallest absolute Gasteiger partial charge is 0.312 e. The van der Waals surface area contributed by atoms with E-state index < -0.39 is 33.6 Å². The lowest BCUT2D eigenvalue weighted by Gasteiger charge is -2.62. The van der Waals surface area contributed by atoms with E-state index in [2.05, 4.69) is 20.8 Å². The highest BCUT2D eigenvalue weighted by Crippen LogP contribution is 2.65. The molecule has 1 heterocycles. The van der Waals surface area contributed by atoms with Gasteiger partial charge in [0.25, 0.3) is 0 Å². The monoisotopic (exact) mass is 929 g/mol. The van der Waals surface area contributed by atoms with E-state index in [-0.39, 0.29) is 70.3 Å². The Bertz CT molecular complexity index is 1770. The second kappa shape index (κ2) is 18.5. The number of rotatable bonds is 12. The van der Waals surface area contributed by atoms with Crippen molar-refractivity contribution in [3.63, 3.8) is 0 Å². The Balaban J connectivity index is 0.000000152. The molecule has 66 heavy (non-hydrogen) atoms. The molecule has 8 unspecified atom stereocenters. The van der Waals surface area contributed by atoms with Crippen molar-refractivity contribution < 1.29 is 58.2 Å². The highest BCUT2D eigenvalue weighted by Gasteiger charge is 2.66. The summed E-state index contributed by atoms with van der Waals surface area (Å²) in [4.78, 5) is 58.7. The maximum Gasteiger partial charge on any atom is 0.312 e. The second-order valence-corrected chi connectivity index (χ2v) is 25.8. The summed E-state index contributed by atoms with van der Waals surface area (Å²) in [6.07, 6.45) is 16.4. The Morgan fingerprint density at radius 1 is 0.682 bits per heavy atom. The first-order valence-corrected chi connectivity index (χ1v) is 25.9. The number of hydrogen-bond donors (Lipinski definition) is 3. The van der Waals surface area contributed by atoms with Gasteiger partial charge in [-0.1, -0.05) is 34.6 Å². The number of ether oxygens (including phenoxy) is 4. The maximum atomic E-state index is 12.6. The topological polar surface area (TPSA) is 183 Å². The molecule has 12 nitrogen and oxygen atoms in total. The van der Waals surface area contributed by atoms with Crippen molar-refractivity contribution in [2.24, 2.45) is 69.0 Å². The fourth-order valence-electron chi connectivity index (χ4n) is 14.0. The molecule has 0 aromatic rings. The highest BCUT2D eigenvalue weighted by atomic mass is 16.6. The predicted molar refractivity (Wildman–Crippen MR) is 249 cm³/mol. The van der Waals surface area contributed by atoms with Crippen molar-refractivity contribution >= 4 is 29.8 Å². The van der Waals surface area contributed by atoms with E-state index in [1.165, 1.54) is 38.5 Å². The lowest BCUT2D eigenvalue weighted by Crippen LogP contribution is -2.67. The number of carboxylic acids is 1. The van der Waals surface area contributed by atoms with Gasteiger partial charge in [-0.3, -0.25) is 24.0 Å². The number of carbonyl (C=O) groups excluding carboxylic acids is 4. The fraction of sp³-hybridized carbons (Fsp3) is 0.907. The summed E-state index contributed by atoms with van der Waals surface area (Å²) < 4.78 is 23.0. The zero-order chi connectivity index (χ0) is 49.2. The summed E-state index contributed by atoms with van der Waals surface area (Å²) in [6.45, 7) is 25.4. The lowest BCUT2D eigenvalue weighted by atomic mass is 9.46. The molecule has 3 N–H and O–H groups in total. The van der Waals surface area contributed by atoms with Gasteiger partial charge in [0.1, 0.15) is 23.4 Å². The van der Waals surface area contributed by atoms with Crippen LogP contribution in [-0.4, -0.2) is 79.8 Å². The number of aliphatic carboxylic acids is 1. The summed E-state index contributed by atoms with van der Waals surface area (Å²) in [5.74, 6) is 2.40. The molecule has 0 radical (unpaired) electrons. The molecule has 8 atom stereocenters. The average molecular weight is 929 g/mol. The molecular formula is C54H88O12. The van der Waals surface area contributed by atoms with Gasteiger partial charge in [0, 0.05) is 36.5 Å². The Hall–Kier alpha value is -2.73. The van der Waals surface area contributed by atoms with E-state index in [1.807, 2.05) is 55.4 Å². The number of fused-ring (bicyclic) bond motifs is 1. The summed E-state index contributed by atoms with van der Waals surface area (Å²) in [7, 11) is 0. The minimum Gasteiger partial charge on any atom is -0.481 e. The summed E-state index contributed by atoms with van der Waals surface area (Å²) in [6, 6.07) is 0. The zero-order valence-electron chi connectivity index (χ0n) is 43.0. The van der Waals surface area contributed by atoms with Crippen LogP contribution in [0.3, 0.4) is 0 Å². The van der Waals surface area contributed by atoms with Crippen LogP contribution in [0.25, 0.3) is 0 Å². The van der Waals surface area contributed by atoms with Crippen LogP contribution in [0.1, 0.15) is 206 Å². The molecular weight excluding hydrogens is 841 g/mol. The van der Waals surface area contributed by atoms with Gasteiger partial charge in [-0.15, -0.1) is 0 Å². The molecule has 12 heteroatoms. The Labute approximate surface area is 396 Å². The van der Waals surface area contributed by atoms with E-state index >= 15 is 0 Å². The SMILES string of the molecule is CCC(C)(C)C(=O)O.CCC(C)(C)C(=O)OC(C)(C)C12CC3CC(CC(C3)C1)C2.CCC(C)(C)C(=O)OC1C2CC3C(=O)OC1C3C2.CCC(C)C(=O)OC12CC3CC(O)(CC(O)(C3)C1)C2. The number of carboxylic acid groups (broad SMARTS) is 1. The standard InChI is InChI=1S/C19H32O2.C15H24O4.C14H20O4.C6H12O2/c1-6-17(2,3)16(20)21-18(4,5)19-10-13-7-14(11-19)9-15(8-13)12-19;1-3-10(2)12(16)19-15-6-11-4-13(17,8-15)7-14(18,5-11)9-15;1-4-14(2,3)13(16)18-10-7-5-8-9(6-7)12(15)17-11(8)10;1-4-6(2,3)5(7)8/h13-15H,6-12H2,1-5H3;10-11,17-18H,3-9H2,1-2H3;7-11H,4-6H2,1-3H3;4H2,1-3H3,(H,7,8). The molecule has 10 saturated carbocycles. The summed E-state index contributed by atoms with van der Waals surface area (Å²) >= 11 is 0. The van der Waals surface area contributed by atoms with Crippen LogP contribution in [0.2, 0.25) is 0 Å². The van der Waals surface area contributed by atoms with Crippen LogP contribution in [0.15, 0.2) is 0 Å². The molecule has 1 saturated heterocycles. The minimum atomic E-state index is -0.829. The van der Waals surface area contributed by atoms with Gasteiger partial charge in [0.05, 0.1) is 39.3 Å². The van der Waals surface area contributed by atoms with Gasteiger partial charge >= 0.3 is 29.8 Å². The Morgan fingerprint density at radius 3 is 1.62 bits per heavy atom. The molecule has 0 amide bonds. The average Bonchev–Trinajstić information content (AvgIpc) is 3.84. The molecule has 11 aliphatic rings. The first-order valence-electron chi connectivity index (χ1n) is 25.9. The third-order valence-corrected chi connectivity index (χ3v) is 18.9. The van der Waals surface area contributed by atoms with Crippen molar-refractivity contribution in [2.45, 2.75) is 240 Å². The quantitative estimate of drug-likeness (QED) is 0.125. The van der Waals surface area contributed by atoms with Crippen molar-refractivity contribution in [3.05, 3.63) is 0 Å². The molecule has 11 fully saturated rings. The van der Waals surface area contributed by atoms with Crippen LogP contribution >= 0.6 is 0 Å². The first-order chi connectivity index (χ1) is 30.4. The van der Waals surface area contributed by atoms with Crippen molar-refractivity contribution in [3.8, 4) is 0 Å². The molecule has 376 valence electrons. The normalized spacial score (nSPS) is 39.0. The molecule has 1 aliphatic heterocycles. The van der Waals surface area contributed by atoms with Crippen molar-refractivity contribution in [1.29, 1.82) is 0 Å². The predicted octanol–water partition coefficient (Wildman–Crippen LogP) is 10.2. The van der Waals surface area contributed by atoms with Gasteiger partial charge in [0.2, 0.25) is 0 Å². The number of aliphatic hydroxyl groups is 2. The highest BCUT2D eigenvalue weighted by molar-refractivity contribution is 5.78. The third-order valence-electron chi connectivity index (χ3n) is 18.9. The van der Waals surface area contributed by atoms with E-state index in [0.29, 0.717) is 37.5 Å². The van der Waals surface area contributed by atoms with Gasteiger partial charge in [-0.2, -0.15) is 0 Å². The number of carbonyl (C=O) groups is 5. The van der Waals surface area contributed by atoms with Gasteiger partial charge < -0.3 is 34.3 Å². The van der Waals surface area contributed by atoms with Crippen LogP contribution in [0.5, 0.6) is 0 Å². The van der Waals surface area contributed by atoms with Crippen LogP contribution in [-0.2, 0) is 42.9 Å². The van der Waals surface area contributed by atoms with Crippen LogP contribution in [0, 0.1) is 69.0 Å². The second-order valence-electron chi connectivity index (χ2n) is 25.8. The summed E-state index contributed by atoms with van der Waals surface area (Å²) in [5.41, 5.74) is -3.70. The van der Waals surface area contributed by atoms with Crippen LogP contribution < -0.4 is 0 Å². The van der Waals surface area contributed by atoms with E-state index in [9.17, 15) is 34.2 Å². The van der Waals surface area contributed by atoms with E-state index in [0.717, 1.165) is 69.1 Å². The molecule has 10 bridgehead atoms. The van der Waals surface area contributed by atoms with E-state index in [4.69, 9.17) is 24.1 Å². The van der Waals surface area contributed by atoms with Crippen molar-refractivity contribution in [1.82, 2.24) is 0 Å². The lowest BCUT2D eigenvalue weighted by molar-refractivity contribution is -0.262. The van der Waals surface area contributed by atoms with Gasteiger partial charge in [-0.05, 0) is 175 Å². The first kappa shape index (κ1) is 52.6. The van der Waals surface area contributed by atoms with Crippen LogP contribution in [0.4, 0.5) is 0 Å². The Morgan fingerprint density at radius 2 is 1.18 bits per heavy atom. The van der Waals surface area contributed by atoms with Gasteiger partial charge in [-0.25, -0.2) is 0 Å². The van der Waals surface area contributed by atoms with E-state index in [1.54, 1.807) is 13.8 Å². The maximum absolute atomic E-state index is 12.6. The van der Waals surface area contributed by atoms with Crippen molar-refractivity contribution in [2.75, 3.05) is 0 Å². The minimum absolute atomic E-state index is 0.00857.